The second kappa shape index (κ2) is 6.41. The molecule has 6 heteroatoms. The molecule has 1 saturated heterocycles. The Morgan fingerprint density at radius 3 is 3.19 bits per heavy atom. The SMILES string of the molecule is CC(C)n1nccc1CNC[C@H]1CCO[C@@H]1c1cn[nH]c1. The molecule has 21 heavy (non-hydrogen) atoms. The summed E-state index contributed by atoms with van der Waals surface area (Å²) in [6.45, 7) is 6.91. The molecule has 0 aromatic carbocycles. The molecule has 0 aliphatic carbocycles. The summed E-state index contributed by atoms with van der Waals surface area (Å²) in [5, 5.41) is 14.8. The van der Waals surface area contributed by atoms with Gasteiger partial charge in [-0.05, 0) is 26.3 Å². The summed E-state index contributed by atoms with van der Waals surface area (Å²) in [4.78, 5) is 0. The standard InChI is InChI=1S/C15H23N5O/c1-11(2)20-14(3-5-19-20)10-16-7-12-4-6-21-15(12)13-8-17-18-9-13/h3,5,8-9,11-12,15-16H,4,6-7,10H2,1-2H3,(H,17,18)/t12-,15+/m1/s1. The van der Waals surface area contributed by atoms with Gasteiger partial charge in [-0.2, -0.15) is 10.2 Å². The Bertz CT molecular complexity index is 548. The van der Waals surface area contributed by atoms with Crippen molar-refractivity contribution in [3.05, 3.63) is 35.9 Å². The van der Waals surface area contributed by atoms with Crippen molar-refractivity contribution in [3.8, 4) is 0 Å². The maximum atomic E-state index is 5.84. The van der Waals surface area contributed by atoms with Gasteiger partial charge >= 0.3 is 0 Å². The topological polar surface area (TPSA) is 67.8 Å². The molecule has 2 aromatic rings. The van der Waals surface area contributed by atoms with Crippen molar-refractivity contribution < 1.29 is 4.74 Å². The molecule has 0 spiro atoms. The number of hydrogen-bond donors (Lipinski definition) is 2. The number of aromatic amines is 1. The summed E-state index contributed by atoms with van der Waals surface area (Å²) in [6, 6.07) is 2.47. The van der Waals surface area contributed by atoms with Crippen molar-refractivity contribution in [2.75, 3.05) is 13.2 Å². The van der Waals surface area contributed by atoms with Gasteiger partial charge in [0.15, 0.2) is 0 Å². The number of hydrogen-bond acceptors (Lipinski definition) is 4. The highest BCUT2D eigenvalue weighted by Gasteiger charge is 2.29. The fraction of sp³-hybridized carbons (Fsp3) is 0.600. The van der Waals surface area contributed by atoms with Gasteiger partial charge in [0.05, 0.1) is 18.0 Å². The van der Waals surface area contributed by atoms with E-state index in [9.17, 15) is 0 Å². The third kappa shape index (κ3) is 3.16. The van der Waals surface area contributed by atoms with Gasteiger partial charge in [0.25, 0.3) is 0 Å². The van der Waals surface area contributed by atoms with E-state index in [1.165, 1.54) is 5.69 Å². The van der Waals surface area contributed by atoms with Crippen LogP contribution in [0.5, 0.6) is 0 Å². The average Bonchev–Trinajstić information content (AvgIpc) is 3.20. The smallest absolute Gasteiger partial charge is 0.0896 e. The van der Waals surface area contributed by atoms with Crippen LogP contribution in [0.3, 0.4) is 0 Å². The number of rotatable bonds is 6. The first kappa shape index (κ1) is 14.3. The van der Waals surface area contributed by atoms with Gasteiger partial charge < -0.3 is 10.1 Å². The highest BCUT2D eigenvalue weighted by atomic mass is 16.5. The van der Waals surface area contributed by atoms with Crippen molar-refractivity contribution in [1.29, 1.82) is 0 Å². The normalized spacial score (nSPS) is 22.2. The van der Waals surface area contributed by atoms with E-state index in [1.54, 1.807) is 0 Å². The van der Waals surface area contributed by atoms with Gasteiger partial charge in [-0.25, -0.2) is 0 Å². The van der Waals surface area contributed by atoms with E-state index >= 15 is 0 Å². The highest BCUT2D eigenvalue weighted by Crippen LogP contribution is 2.33. The minimum atomic E-state index is 0.159. The van der Waals surface area contributed by atoms with Crippen molar-refractivity contribution in [3.63, 3.8) is 0 Å². The number of nitrogens with zero attached hydrogens (tertiary/aromatic N) is 3. The van der Waals surface area contributed by atoms with Gasteiger partial charge in [0, 0.05) is 49.6 Å². The average molecular weight is 289 g/mol. The molecule has 1 fully saturated rings. The maximum Gasteiger partial charge on any atom is 0.0896 e. The quantitative estimate of drug-likeness (QED) is 0.854. The zero-order valence-electron chi connectivity index (χ0n) is 12.6. The fourth-order valence-electron chi connectivity index (χ4n) is 2.96. The number of ether oxygens (including phenoxy) is 1. The fourth-order valence-corrected chi connectivity index (χ4v) is 2.96. The summed E-state index contributed by atoms with van der Waals surface area (Å²) in [7, 11) is 0. The molecule has 114 valence electrons. The summed E-state index contributed by atoms with van der Waals surface area (Å²) in [6.07, 6.45) is 6.90. The summed E-state index contributed by atoms with van der Waals surface area (Å²) in [5.41, 5.74) is 2.37. The molecular formula is C15H23N5O. The zero-order chi connectivity index (χ0) is 14.7. The van der Waals surface area contributed by atoms with E-state index in [1.807, 2.05) is 18.6 Å². The van der Waals surface area contributed by atoms with Crippen molar-refractivity contribution in [2.24, 2.45) is 5.92 Å². The molecule has 1 aliphatic heterocycles. The van der Waals surface area contributed by atoms with Crippen LogP contribution in [0.15, 0.2) is 24.7 Å². The Morgan fingerprint density at radius 2 is 2.43 bits per heavy atom. The highest BCUT2D eigenvalue weighted by molar-refractivity contribution is 5.10. The number of aromatic nitrogens is 4. The van der Waals surface area contributed by atoms with Crippen LogP contribution in [0.2, 0.25) is 0 Å². The molecule has 3 heterocycles. The Balaban J connectivity index is 1.54. The molecule has 2 aromatic heterocycles. The minimum Gasteiger partial charge on any atom is -0.373 e. The molecule has 3 rings (SSSR count). The largest absolute Gasteiger partial charge is 0.373 e. The molecule has 2 atom stereocenters. The van der Waals surface area contributed by atoms with Gasteiger partial charge in [-0.1, -0.05) is 0 Å². The third-order valence-electron chi connectivity index (χ3n) is 4.02. The second-order valence-electron chi connectivity index (χ2n) is 5.86. The van der Waals surface area contributed by atoms with Crippen molar-refractivity contribution >= 4 is 0 Å². The van der Waals surface area contributed by atoms with Crippen molar-refractivity contribution in [1.82, 2.24) is 25.3 Å². The Kier molecular flexibility index (Phi) is 4.36. The van der Waals surface area contributed by atoms with Crippen LogP contribution >= 0.6 is 0 Å². The Morgan fingerprint density at radius 1 is 1.52 bits per heavy atom. The van der Waals surface area contributed by atoms with Gasteiger partial charge in [0.1, 0.15) is 0 Å². The van der Waals surface area contributed by atoms with Crippen molar-refractivity contribution in [2.45, 2.75) is 39.0 Å². The Labute approximate surface area is 124 Å². The first-order chi connectivity index (χ1) is 10.3. The summed E-state index contributed by atoms with van der Waals surface area (Å²) < 4.78 is 7.90. The first-order valence-corrected chi connectivity index (χ1v) is 7.59. The van der Waals surface area contributed by atoms with E-state index in [2.05, 4.69) is 45.2 Å². The lowest BCUT2D eigenvalue weighted by atomic mass is 9.97. The van der Waals surface area contributed by atoms with Crippen LogP contribution in [-0.2, 0) is 11.3 Å². The third-order valence-corrected chi connectivity index (χ3v) is 4.02. The molecule has 1 aliphatic rings. The van der Waals surface area contributed by atoms with E-state index in [4.69, 9.17) is 4.74 Å². The van der Waals surface area contributed by atoms with Crippen LogP contribution in [0.4, 0.5) is 0 Å². The lowest BCUT2D eigenvalue weighted by Crippen LogP contribution is -2.26. The molecule has 2 N–H and O–H groups in total. The van der Waals surface area contributed by atoms with Gasteiger partial charge in [-0.3, -0.25) is 9.78 Å². The predicted octanol–water partition coefficient (Wildman–Crippen LogP) is 2.05. The van der Waals surface area contributed by atoms with Crippen LogP contribution < -0.4 is 5.32 Å². The lowest BCUT2D eigenvalue weighted by Gasteiger charge is -2.18. The number of nitrogens with one attached hydrogen (secondary N) is 2. The molecular weight excluding hydrogens is 266 g/mol. The molecule has 0 amide bonds. The van der Waals surface area contributed by atoms with Crippen LogP contribution in [0.1, 0.15) is 43.7 Å². The van der Waals surface area contributed by atoms with Crippen LogP contribution in [0, 0.1) is 5.92 Å². The lowest BCUT2D eigenvalue weighted by molar-refractivity contribution is 0.0904. The van der Waals surface area contributed by atoms with Crippen LogP contribution in [-0.4, -0.2) is 33.1 Å². The maximum absolute atomic E-state index is 5.84. The molecule has 0 radical (unpaired) electrons. The van der Waals surface area contributed by atoms with E-state index in [-0.39, 0.29) is 6.10 Å². The van der Waals surface area contributed by atoms with E-state index < -0.39 is 0 Å². The van der Waals surface area contributed by atoms with E-state index in [0.29, 0.717) is 12.0 Å². The summed E-state index contributed by atoms with van der Waals surface area (Å²) in [5.74, 6) is 0.498. The second-order valence-corrected chi connectivity index (χ2v) is 5.86. The molecule has 0 bridgehead atoms. The first-order valence-electron chi connectivity index (χ1n) is 7.59. The van der Waals surface area contributed by atoms with E-state index in [0.717, 1.165) is 31.7 Å². The Hall–Kier alpha value is -1.66. The zero-order valence-corrected chi connectivity index (χ0v) is 12.6. The van der Waals surface area contributed by atoms with Gasteiger partial charge in [0.2, 0.25) is 0 Å². The predicted molar refractivity (Wildman–Crippen MR) is 79.7 cm³/mol. The monoisotopic (exact) mass is 289 g/mol. The minimum absolute atomic E-state index is 0.159. The van der Waals surface area contributed by atoms with Crippen LogP contribution in [0.25, 0.3) is 0 Å². The van der Waals surface area contributed by atoms with Gasteiger partial charge in [-0.15, -0.1) is 0 Å². The molecule has 6 nitrogen and oxygen atoms in total. The molecule has 0 saturated carbocycles. The molecule has 0 unspecified atom stereocenters. The summed E-state index contributed by atoms with van der Waals surface area (Å²) >= 11 is 0. The number of H-pyrrole nitrogens is 1.